The Hall–Kier alpha value is -0.990. The van der Waals surface area contributed by atoms with Gasteiger partial charge in [0.15, 0.2) is 5.92 Å². The van der Waals surface area contributed by atoms with Gasteiger partial charge in [-0.15, -0.1) is 0 Å². The van der Waals surface area contributed by atoms with Crippen LogP contribution in [0.3, 0.4) is 0 Å². The smallest absolute Gasteiger partial charge is 0.403 e. The van der Waals surface area contributed by atoms with Gasteiger partial charge in [-0.1, -0.05) is 0 Å². The van der Waals surface area contributed by atoms with Crippen molar-refractivity contribution in [2.75, 3.05) is 19.6 Å². The van der Waals surface area contributed by atoms with Gasteiger partial charge in [0, 0.05) is 6.54 Å². The van der Waals surface area contributed by atoms with Crippen LogP contribution in [-0.2, 0) is 4.79 Å². The highest BCUT2D eigenvalue weighted by Gasteiger charge is 2.47. The van der Waals surface area contributed by atoms with E-state index < -0.39 is 36.7 Å². The third kappa shape index (κ3) is 4.55. The summed E-state index contributed by atoms with van der Waals surface area (Å²) in [5, 5.41) is 8.49. The van der Waals surface area contributed by atoms with Gasteiger partial charge in [0.2, 0.25) is 0 Å². The Morgan fingerprint density at radius 2 is 1.63 bits per heavy atom. The molecule has 0 aromatic carbocycles. The summed E-state index contributed by atoms with van der Waals surface area (Å²) in [5.41, 5.74) is 0. The Bertz CT molecular complexity index is 319. The van der Waals surface area contributed by atoms with Gasteiger partial charge in [-0.2, -0.15) is 26.3 Å². The van der Waals surface area contributed by atoms with Crippen LogP contribution in [0, 0.1) is 11.8 Å². The lowest BCUT2D eigenvalue weighted by molar-refractivity contribution is -0.202. The molecule has 0 aromatic heterocycles. The van der Waals surface area contributed by atoms with Crippen LogP contribution in [0.15, 0.2) is 0 Å². The van der Waals surface area contributed by atoms with Crippen LogP contribution in [0.5, 0.6) is 0 Å². The molecule has 0 aliphatic carbocycles. The molecule has 1 saturated heterocycles. The predicted molar refractivity (Wildman–Crippen MR) is 52.4 cm³/mol. The second-order valence-electron chi connectivity index (χ2n) is 4.55. The summed E-state index contributed by atoms with van der Waals surface area (Å²) >= 11 is 0. The molecular weight excluding hydrogens is 280 g/mol. The highest BCUT2D eigenvalue weighted by Crippen LogP contribution is 2.35. The molecule has 9 heteroatoms. The second-order valence-corrected chi connectivity index (χ2v) is 4.55. The van der Waals surface area contributed by atoms with Crippen LogP contribution < -0.4 is 0 Å². The number of nitrogens with zero attached hydrogens (tertiary/aromatic N) is 1. The number of rotatable bonds is 3. The molecule has 19 heavy (non-hydrogen) atoms. The van der Waals surface area contributed by atoms with E-state index in [1.807, 2.05) is 0 Å². The number of carbonyl (C=O) groups is 1. The fraction of sp³-hybridized carbons (Fsp3) is 0.900. The van der Waals surface area contributed by atoms with Crippen molar-refractivity contribution >= 4 is 5.97 Å². The minimum absolute atomic E-state index is 0.177. The molecule has 0 radical (unpaired) electrons. The van der Waals surface area contributed by atoms with Crippen LogP contribution >= 0.6 is 0 Å². The van der Waals surface area contributed by atoms with Gasteiger partial charge >= 0.3 is 18.3 Å². The van der Waals surface area contributed by atoms with Crippen LogP contribution in [0.1, 0.15) is 12.8 Å². The van der Waals surface area contributed by atoms with Gasteiger partial charge < -0.3 is 10.0 Å². The Balaban J connectivity index is 2.54. The Morgan fingerprint density at radius 1 is 1.16 bits per heavy atom. The molecule has 1 heterocycles. The van der Waals surface area contributed by atoms with Gasteiger partial charge in [0.25, 0.3) is 0 Å². The van der Waals surface area contributed by atoms with Crippen molar-refractivity contribution in [1.29, 1.82) is 0 Å². The molecule has 1 aliphatic heterocycles. The number of likely N-dealkylation sites (tertiary alicyclic amines) is 1. The summed E-state index contributed by atoms with van der Waals surface area (Å²) in [4.78, 5) is 11.6. The van der Waals surface area contributed by atoms with Crippen LogP contribution in [0.4, 0.5) is 26.3 Å². The fourth-order valence-electron chi connectivity index (χ4n) is 2.02. The molecule has 112 valence electrons. The van der Waals surface area contributed by atoms with Crippen LogP contribution in [0.25, 0.3) is 0 Å². The van der Waals surface area contributed by atoms with Crippen LogP contribution in [-0.4, -0.2) is 48.0 Å². The number of alkyl halides is 6. The monoisotopic (exact) mass is 293 g/mol. The number of piperidine rings is 1. The molecule has 3 nitrogen and oxygen atoms in total. The van der Waals surface area contributed by atoms with E-state index in [0.29, 0.717) is 0 Å². The summed E-state index contributed by atoms with van der Waals surface area (Å²) in [5.74, 6) is -6.08. The summed E-state index contributed by atoms with van der Waals surface area (Å²) in [7, 11) is 0. The predicted octanol–water partition coefficient (Wildman–Crippen LogP) is 2.52. The number of carboxylic acid groups (broad SMARTS) is 1. The molecule has 0 saturated carbocycles. The molecule has 1 N–H and O–H groups in total. The van der Waals surface area contributed by atoms with Crippen LogP contribution in [0.2, 0.25) is 0 Å². The number of hydrogen-bond donors (Lipinski definition) is 1. The maximum Gasteiger partial charge on any atom is 0.403 e. The number of aliphatic carboxylic acids is 1. The van der Waals surface area contributed by atoms with Crippen molar-refractivity contribution in [3.8, 4) is 0 Å². The van der Waals surface area contributed by atoms with E-state index in [4.69, 9.17) is 5.11 Å². The van der Waals surface area contributed by atoms with E-state index in [1.165, 1.54) is 0 Å². The maximum absolute atomic E-state index is 12.4. The van der Waals surface area contributed by atoms with Crippen molar-refractivity contribution in [1.82, 2.24) is 4.90 Å². The van der Waals surface area contributed by atoms with Gasteiger partial charge in [0.05, 0.1) is 5.92 Å². The fourth-order valence-corrected chi connectivity index (χ4v) is 2.02. The summed E-state index contributed by atoms with van der Waals surface area (Å²) < 4.78 is 74.3. The third-order valence-corrected chi connectivity index (χ3v) is 3.18. The third-order valence-electron chi connectivity index (χ3n) is 3.18. The van der Waals surface area contributed by atoms with Crippen molar-refractivity contribution in [2.45, 2.75) is 25.2 Å². The summed E-state index contributed by atoms with van der Waals surface area (Å²) in [6, 6.07) is 0. The first kappa shape index (κ1) is 16.1. The van der Waals surface area contributed by atoms with E-state index in [1.54, 1.807) is 0 Å². The first-order valence-corrected chi connectivity index (χ1v) is 5.60. The Kier molecular flexibility index (Phi) is 4.70. The first-order chi connectivity index (χ1) is 8.51. The zero-order chi connectivity index (χ0) is 14.8. The van der Waals surface area contributed by atoms with Gasteiger partial charge in [0.1, 0.15) is 0 Å². The molecule has 1 atom stereocenters. The van der Waals surface area contributed by atoms with Gasteiger partial charge in [-0.3, -0.25) is 4.79 Å². The van der Waals surface area contributed by atoms with E-state index in [-0.39, 0.29) is 25.9 Å². The molecule has 0 spiro atoms. The van der Waals surface area contributed by atoms with Gasteiger partial charge in [-0.25, -0.2) is 0 Å². The molecule has 1 unspecified atom stereocenters. The molecule has 1 rings (SSSR count). The van der Waals surface area contributed by atoms with E-state index >= 15 is 0 Å². The topological polar surface area (TPSA) is 40.5 Å². The SMILES string of the molecule is O=C(O)C(CN1CCC(C(F)(F)F)CC1)C(F)(F)F. The highest BCUT2D eigenvalue weighted by molar-refractivity contribution is 5.71. The Morgan fingerprint density at radius 3 is 1.95 bits per heavy atom. The van der Waals surface area contributed by atoms with Crippen molar-refractivity contribution in [3.05, 3.63) is 0 Å². The lowest BCUT2D eigenvalue weighted by atomic mass is 9.95. The Labute approximate surface area is 105 Å². The second kappa shape index (κ2) is 5.56. The molecule has 1 aliphatic rings. The average molecular weight is 293 g/mol. The number of halogens is 6. The zero-order valence-corrected chi connectivity index (χ0v) is 9.76. The zero-order valence-electron chi connectivity index (χ0n) is 9.76. The molecular formula is C10H13F6NO2. The van der Waals surface area contributed by atoms with E-state index in [2.05, 4.69) is 0 Å². The largest absolute Gasteiger partial charge is 0.481 e. The minimum atomic E-state index is -4.90. The number of hydrogen-bond acceptors (Lipinski definition) is 2. The van der Waals surface area contributed by atoms with Gasteiger partial charge in [-0.05, 0) is 25.9 Å². The number of carboxylic acids is 1. The minimum Gasteiger partial charge on any atom is -0.481 e. The molecule has 0 bridgehead atoms. The normalized spacial score (nSPS) is 21.4. The van der Waals surface area contributed by atoms with Crippen molar-refractivity contribution in [3.63, 3.8) is 0 Å². The lowest BCUT2D eigenvalue weighted by Crippen LogP contribution is -2.45. The standard InChI is InChI=1S/C10H13F6NO2/c11-9(12,13)6-1-3-17(4-2-6)5-7(8(18)19)10(14,15)16/h6-7H,1-5H2,(H,18,19). The molecule has 1 fully saturated rings. The quantitative estimate of drug-likeness (QED) is 0.813. The average Bonchev–Trinajstić information content (AvgIpc) is 2.23. The molecule has 0 aromatic rings. The highest BCUT2D eigenvalue weighted by atomic mass is 19.4. The molecule has 0 amide bonds. The van der Waals surface area contributed by atoms with Crippen molar-refractivity contribution < 1.29 is 36.2 Å². The maximum atomic E-state index is 12.4. The van der Waals surface area contributed by atoms with E-state index in [9.17, 15) is 31.1 Å². The van der Waals surface area contributed by atoms with E-state index in [0.717, 1.165) is 4.90 Å². The van der Waals surface area contributed by atoms with Crippen molar-refractivity contribution in [2.24, 2.45) is 11.8 Å². The summed E-state index contributed by atoms with van der Waals surface area (Å²) in [6.07, 6.45) is -9.84. The lowest BCUT2D eigenvalue weighted by Gasteiger charge is -2.34. The summed E-state index contributed by atoms with van der Waals surface area (Å²) in [6.45, 7) is -1.16. The first-order valence-electron chi connectivity index (χ1n) is 5.60.